The van der Waals surface area contributed by atoms with Gasteiger partial charge in [-0.3, -0.25) is 4.79 Å². The highest BCUT2D eigenvalue weighted by molar-refractivity contribution is 7.14. The van der Waals surface area contributed by atoms with Crippen molar-refractivity contribution in [3.63, 3.8) is 0 Å². The van der Waals surface area contributed by atoms with E-state index in [-0.39, 0.29) is 16.9 Å². The van der Waals surface area contributed by atoms with Crippen molar-refractivity contribution in [2.24, 2.45) is 0 Å². The normalized spacial score (nSPS) is 13.0. The highest BCUT2D eigenvalue weighted by atomic mass is 32.1. The first-order valence-corrected chi connectivity index (χ1v) is 11.3. The van der Waals surface area contributed by atoms with Crippen LogP contribution in [0.15, 0.2) is 58.1 Å². The Morgan fingerprint density at radius 1 is 1.29 bits per heavy atom. The number of carbonyl (C=O) groups is 1. The summed E-state index contributed by atoms with van der Waals surface area (Å²) < 4.78 is 16.9. The number of esters is 1. The number of quaternary nitrogens is 1. The summed E-state index contributed by atoms with van der Waals surface area (Å²) in [5.41, 5.74) is 1.36. The SMILES string of the molecule is CCc1cc2c(=O)c(-c3ncc(C)s3)coc2cc1O[C@H](C)C(=O)Oc1ccc([NH+]([O-])O)cc1. The first-order valence-electron chi connectivity index (χ1n) is 10.5. The van der Waals surface area contributed by atoms with Crippen LogP contribution < -0.4 is 20.1 Å². The lowest BCUT2D eigenvalue weighted by Crippen LogP contribution is -2.99. The lowest BCUT2D eigenvalue weighted by Gasteiger charge is -2.17. The quantitative estimate of drug-likeness (QED) is 0.233. The van der Waals surface area contributed by atoms with Crippen LogP contribution in [0.5, 0.6) is 11.5 Å². The molecule has 4 rings (SSSR count). The summed E-state index contributed by atoms with van der Waals surface area (Å²) in [6.45, 7) is 5.37. The van der Waals surface area contributed by atoms with Gasteiger partial charge in [0.2, 0.25) is 5.43 Å². The molecule has 2 atom stereocenters. The summed E-state index contributed by atoms with van der Waals surface area (Å²) in [6, 6.07) is 8.80. The van der Waals surface area contributed by atoms with Crippen molar-refractivity contribution in [1.29, 1.82) is 0 Å². The van der Waals surface area contributed by atoms with Crippen molar-refractivity contribution < 1.29 is 29.1 Å². The molecule has 0 radical (unpaired) electrons. The minimum absolute atomic E-state index is 0.0856. The summed E-state index contributed by atoms with van der Waals surface area (Å²) in [7, 11) is 0. The smallest absolute Gasteiger partial charge is 0.352 e. The first-order chi connectivity index (χ1) is 16.3. The fraction of sp³-hybridized carbons (Fsp3) is 0.208. The van der Waals surface area contributed by atoms with Gasteiger partial charge in [-0.2, -0.15) is 5.23 Å². The summed E-state index contributed by atoms with van der Waals surface area (Å²) >= 11 is 1.41. The van der Waals surface area contributed by atoms with Gasteiger partial charge in [0.05, 0.1) is 10.9 Å². The van der Waals surface area contributed by atoms with Crippen LogP contribution >= 0.6 is 11.3 Å². The standard InChI is InChI=1S/C24H22N2O7S/c1-4-15-9-18-21(31-12-19(22(18)27)23-25-11-13(2)34-23)10-20(15)32-14(3)24(28)33-17-7-5-16(6-8-17)26(29)30/h5-12,14,26,29H,4H2,1-3H3/t14-/m1/s1. The van der Waals surface area contributed by atoms with E-state index in [2.05, 4.69) is 4.98 Å². The van der Waals surface area contributed by atoms with Crippen LogP contribution in [0.2, 0.25) is 0 Å². The monoisotopic (exact) mass is 482 g/mol. The molecule has 1 unspecified atom stereocenters. The van der Waals surface area contributed by atoms with Crippen LogP contribution in [-0.2, 0) is 11.2 Å². The Balaban J connectivity index is 1.57. The largest absolute Gasteiger partial charge is 0.595 e. The van der Waals surface area contributed by atoms with E-state index < -0.39 is 17.3 Å². The maximum atomic E-state index is 13.1. The van der Waals surface area contributed by atoms with Gasteiger partial charge in [-0.15, -0.1) is 11.3 Å². The second-order valence-electron chi connectivity index (χ2n) is 7.57. The molecule has 4 aromatic rings. The molecule has 9 nitrogen and oxygen atoms in total. The zero-order chi connectivity index (χ0) is 24.4. The number of carbonyl (C=O) groups excluding carboxylic acids is 1. The lowest BCUT2D eigenvalue weighted by molar-refractivity contribution is -0.991. The number of ether oxygens (including phenoxy) is 2. The van der Waals surface area contributed by atoms with Gasteiger partial charge in [-0.05, 0) is 44.0 Å². The lowest BCUT2D eigenvalue weighted by atomic mass is 10.1. The maximum Gasteiger partial charge on any atom is 0.352 e. The Morgan fingerprint density at radius 3 is 2.65 bits per heavy atom. The molecular weight excluding hydrogens is 460 g/mol. The summed E-state index contributed by atoms with van der Waals surface area (Å²) in [6.07, 6.45) is 2.69. The molecule has 2 N–H and O–H groups in total. The molecule has 0 spiro atoms. The highest BCUT2D eigenvalue weighted by Gasteiger charge is 2.21. The van der Waals surface area contributed by atoms with Crippen LogP contribution in [0.25, 0.3) is 21.5 Å². The van der Waals surface area contributed by atoms with Gasteiger partial charge >= 0.3 is 5.97 Å². The van der Waals surface area contributed by atoms with Crippen molar-refractivity contribution >= 4 is 34.0 Å². The number of fused-ring (bicyclic) bond motifs is 1. The topological polar surface area (TPSA) is 126 Å². The zero-order valence-corrected chi connectivity index (χ0v) is 19.5. The minimum atomic E-state index is -1.07. The summed E-state index contributed by atoms with van der Waals surface area (Å²) in [5.74, 6) is -0.0431. The van der Waals surface area contributed by atoms with E-state index >= 15 is 0 Å². The summed E-state index contributed by atoms with van der Waals surface area (Å²) in [4.78, 5) is 30.9. The predicted molar refractivity (Wildman–Crippen MR) is 126 cm³/mol. The fourth-order valence-corrected chi connectivity index (χ4v) is 4.08. The molecule has 34 heavy (non-hydrogen) atoms. The van der Waals surface area contributed by atoms with Crippen LogP contribution in [0.3, 0.4) is 0 Å². The second-order valence-corrected chi connectivity index (χ2v) is 8.81. The van der Waals surface area contributed by atoms with Crippen molar-refractivity contribution in [2.45, 2.75) is 33.3 Å². The molecule has 176 valence electrons. The van der Waals surface area contributed by atoms with Gasteiger partial charge in [0.25, 0.3) is 0 Å². The van der Waals surface area contributed by atoms with Gasteiger partial charge in [0.1, 0.15) is 28.4 Å². The van der Waals surface area contributed by atoms with E-state index in [9.17, 15) is 14.8 Å². The Labute approximate surface area is 198 Å². The Morgan fingerprint density at radius 2 is 2.03 bits per heavy atom. The van der Waals surface area contributed by atoms with Gasteiger partial charge in [-0.25, -0.2) is 15.0 Å². The molecule has 0 aliphatic rings. The number of thiazole rings is 1. The van der Waals surface area contributed by atoms with Gasteiger partial charge in [-0.1, -0.05) is 6.92 Å². The van der Waals surface area contributed by atoms with Crippen LogP contribution in [0, 0.1) is 12.1 Å². The predicted octanol–water partition coefficient (Wildman–Crippen LogP) is 3.56. The minimum Gasteiger partial charge on any atom is -0.595 e. The average molecular weight is 483 g/mol. The molecule has 0 bridgehead atoms. The molecule has 10 heteroatoms. The number of benzene rings is 2. The molecule has 2 aromatic heterocycles. The number of rotatable bonds is 7. The van der Waals surface area contributed by atoms with Crippen LogP contribution in [0.1, 0.15) is 24.3 Å². The number of aryl methyl sites for hydroxylation is 2. The van der Waals surface area contributed by atoms with E-state index in [1.807, 2.05) is 13.8 Å². The Bertz CT molecular complexity index is 1390. The van der Waals surface area contributed by atoms with Crippen LogP contribution in [0.4, 0.5) is 5.69 Å². The molecule has 0 amide bonds. The molecule has 2 heterocycles. The van der Waals surface area contributed by atoms with Crippen molar-refractivity contribution in [1.82, 2.24) is 4.98 Å². The molecule has 0 fully saturated rings. The third kappa shape index (κ3) is 4.85. The van der Waals surface area contributed by atoms with Crippen molar-refractivity contribution in [3.8, 4) is 22.1 Å². The number of nitrogens with zero attached hydrogens (tertiary/aromatic N) is 1. The van der Waals surface area contributed by atoms with Gasteiger partial charge in [0.15, 0.2) is 11.8 Å². The number of aromatic nitrogens is 1. The van der Waals surface area contributed by atoms with E-state index in [0.29, 0.717) is 33.7 Å². The average Bonchev–Trinajstić information content (AvgIpc) is 3.25. The zero-order valence-electron chi connectivity index (χ0n) is 18.7. The van der Waals surface area contributed by atoms with Gasteiger partial charge in [0, 0.05) is 29.3 Å². The third-order valence-corrected chi connectivity index (χ3v) is 6.09. The second kappa shape index (κ2) is 9.74. The third-order valence-electron chi connectivity index (χ3n) is 5.14. The Kier molecular flexibility index (Phi) is 6.75. The fourth-order valence-electron chi connectivity index (χ4n) is 3.32. The van der Waals surface area contributed by atoms with Crippen molar-refractivity contribution in [3.05, 3.63) is 74.7 Å². The Hall–Kier alpha value is -3.57. The maximum absolute atomic E-state index is 13.1. The molecule has 2 aromatic carbocycles. The number of nitrogens with one attached hydrogen (secondary N) is 1. The molecule has 0 aliphatic carbocycles. The molecule has 0 saturated heterocycles. The summed E-state index contributed by atoms with van der Waals surface area (Å²) in [5, 5.41) is 19.9. The molecule has 0 saturated carbocycles. The molecule has 0 aliphatic heterocycles. The first kappa shape index (κ1) is 23.6. The van der Waals surface area contributed by atoms with E-state index in [4.69, 9.17) is 19.1 Å². The van der Waals surface area contributed by atoms with E-state index in [0.717, 1.165) is 10.4 Å². The van der Waals surface area contributed by atoms with Crippen LogP contribution in [-0.4, -0.2) is 22.3 Å². The van der Waals surface area contributed by atoms with Gasteiger partial charge < -0.3 is 19.1 Å². The highest BCUT2D eigenvalue weighted by Crippen LogP contribution is 2.29. The number of hydrogen-bond donors (Lipinski definition) is 2. The van der Waals surface area contributed by atoms with Crippen molar-refractivity contribution in [2.75, 3.05) is 0 Å². The van der Waals surface area contributed by atoms with E-state index in [1.165, 1.54) is 41.9 Å². The number of hydrogen-bond acceptors (Lipinski definition) is 9. The van der Waals surface area contributed by atoms with E-state index in [1.54, 1.807) is 25.3 Å². The molecular formula is C24H22N2O7S.